The lowest BCUT2D eigenvalue weighted by Crippen LogP contribution is -2.39. The summed E-state index contributed by atoms with van der Waals surface area (Å²) in [5.74, 6) is 0.145. The summed E-state index contributed by atoms with van der Waals surface area (Å²) < 4.78 is 24.5. The van der Waals surface area contributed by atoms with Crippen molar-refractivity contribution in [3.8, 4) is 0 Å². The monoisotopic (exact) mass is 279 g/mol. The van der Waals surface area contributed by atoms with Gasteiger partial charge in [0.2, 0.25) is 0 Å². The molecule has 19 heavy (non-hydrogen) atoms. The van der Waals surface area contributed by atoms with E-state index in [-0.39, 0.29) is 11.8 Å². The number of hydrogen-bond donors (Lipinski definition) is 1. The van der Waals surface area contributed by atoms with Gasteiger partial charge in [-0.1, -0.05) is 29.8 Å². The second kappa shape index (κ2) is 5.88. The Kier molecular flexibility index (Phi) is 4.42. The minimum Gasteiger partial charge on any atom is -0.310 e. The van der Waals surface area contributed by atoms with Crippen molar-refractivity contribution < 1.29 is 8.42 Å². The fourth-order valence-electron chi connectivity index (χ4n) is 2.37. The van der Waals surface area contributed by atoms with E-state index in [2.05, 4.69) is 17.5 Å². The van der Waals surface area contributed by atoms with Crippen LogP contribution in [0.5, 0.6) is 0 Å². The number of sulfone groups is 1. The lowest BCUT2D eigenvalue weighted by Gasteiger charge is -2.19. The maximum atomic E-state index is 12.3. The molecule has 1 aromatic rings. The molecular weight excluding hydrogens is 258 g/mol. The zero-order valence-electron chi connectivity index (χ0n) is 11.5. The van der Waals surface area contributed by atoms with Crippen molar-refractivity contribution in [1.29, 1.82) is 0 Å². The van der Waals surface area contributed by atoms with Crippen LogP contribution in [0.4, 0.5) is 0 Å². The van der Waals surface area contributed by atoms with E-state index < -0.39 is 9.84 Å². The second-order valence-corrected chi connectivity index (χ2v) is 7.34. The first-order valence-electron chi connectivity index (χ1n) is 6.68. The Morgan fingerprint density at radius 1 is 1.21 bits per heavy atom. The number of aryl methyl sites for hydroxylation is 1. The molecule has 3 nitrogen and oxygen atoms in total. The van der Waals surface area contributed by atoms with E-state index in [1.807, 2.05) is 26.0 Å². The molecule has 0 amide bonds. The maximum absolute atomic E-state index is 12.3. The molecule has 1 unspecified atom stereocenters. The van der Waals surface area contributed by atoms with E-state index in [0.29, 0.717) is 10.9 Å². The maximum Gasteiger partial charge on any atom is 0.179 e. The van der Waals surface area contributed by atoms with Crippen molar-refractivity contribution in [3.63, 3.8) is 0 Å². The van der Waals surface area contributed by atoms with Gasteiger partial charge in [-0.25, -0.2) is 8.42 Å². The molecule has 0 bridgehead atoms. The van der Waals surface area contributed by atoms with Crippen LogP contribution < -0.4 is 5.32 Å². The van der Waals surface area contributed by atoms with E-state index in [4.69, 9.17) is 0 Å². The highest BCUT2D eigenvalue weighted by atomic mass is 32.2. The van der Waals surface area contributed by atoms with Gasteiger partial charge in [-0.3, -0.25) is 0 Å². The van der Waals surface area contributed by atoms with Crippen LogP contribution in [0.15, 0.2) is 41.3 Å². The fourth-order valence-corrected chi connectivity index (χ4v) is 3.87. The van der Waals surface area contributed by atoms with Gasteiger partial charge in [-0.05, 0) is 38.8 Å². The van der Waals surface area contributed by atoms with Crippen LogP contribution in [0.1, 0.15) is 25.3 Å². The van der Waals surface area contributed by atoms with Crippen molar-refractivity contribution in [2.45, 2.75) is 43.7 Å². The van der Waals surface area contributed by atoms with Crippen molar-refractivity contribution in [1.82, 2.24) is 5.32 Å². The van der Waals surface area contributed by atoms with Crippen molar-refractivity contribution >= 4 is 9.84 Å². The zero-order chi connectivity index (χ0) is 13.9. The molecule has 1 aliphatic rings. The van der Waals surface area contributed by atoms with Crippen LogP contribution in [0.3, 0.4) is 0 Å². The Hall–Kier alpha value is -1.13. The van der Waals surface area contributed by atoms with E-state index >= 15 is 0 Å². The predicted octanol–water partition coefficient (Wildman–Crippen LogP) is 2.47. The minimum atomic E-state index is -3.20. The number of hydrogen-bond acceptors (Lipinski definition) is 3. The van der Waals surface area contributed by atoms with Gasteiger partial charge in [0.05, 0.1) is 10.6 Å². The Bertz CT molecular complexity index is 538. The Morgan fingerprint density at radius 3 is 2.37 bits per heavy atom. The molecule has 0 radical (unpaired) electrons. The van der Waals surface area contributed by atoms with Gasteiger partial charge >= 0.3 is 0 Å². The Balaban J connectivity index is 1.98. The topological polar surface area (TPSA) is 46.2 Å². The molecule has 1 aromatic carbocycles. The van der Waals surface area contributed by atoms with Crippen LogP contribution in [0.25, 0.3) is 0 Å². The van der Waals surface area contributed by atoms with Crippen LogP contribution >= 0.6 is 0 Å². The van der Waals surface area contributed by atoms with Crippen LogP contribution in [0.2, 0.25) is 0 Å². The smallest absolute Gasteiger partial charge is 0.179 e. The highest BCUT2D eigenvalue weighted by Crippen LogP contribution is 2.15. The molecule has 0 heterocycles. The number of benzene rings is 1. The van der Waals surface area contributed by atoms with Crippen molar-refractivity contribution in [2.75, 3.05) is 5.75 Å². The molecule has 0 spiro atoms. The van der Waals surface area contributed by atoms with Gasteiger partial charge in [0, 0.05) is 12.1 Å². The fraction of sp³-hybridized carbons (Fsp3) is 0.467. The molecule has 1 aliphatic carbocycles. The van der Waals surface area contributed by atoms with E-state index in [9.17, 15) is 8.42 Å². The molecule has 0 saturated carbocycles. The normalized spacial score (nSPS) is 17.8. The molecule has 1 N–H and O–H groups in total. The molecule has 0 aliphatic heterocycles. The first-order valence-corrected chi connectivity index (χ1v) is 8.33. The third-order valence-corrected chi connectivity index (χ3v) is 5.31. The molecule has 4 heteroatoms. The standard InChI is InChI=1S/C15H21NO2S/c1-12-7-9-15(10-8-12)19(17,18)11-13(2)16-14-5-3-4-6-14/h3-4,7-10,13-14,16H,5-6,11H2,1-2H3. The van der Waals surface area contributed by atoms with Crippen molar-refractivity contribution in [3.05, 3.63) is 42.0 Å². The van der Waals surface area contributed by atoms with E-state index in [0.717, 1.165) is 18.4 Å². The third kappa shape index (κ3) is 3.91. The van der Waals surface area contributed by atoms with E-state index in [1.165, 1.54) is 0 Å². The minimum absolute atomic E-state index is 0.0313. The summed E-state index contributed by atoms with van der Waals surface area (Å²) in [6, 6.07) is 7.42. The average molecular weight is 279 g/mol. The van der Waals surface area contributed by atoms with Gasteiger partial charge in [0.1, 0.15) is 0 Å². The molecular formula is C15H21NO2S. The highest BCUT2D eigenvalue weighted by molar-refractivity contribution is 7.91. The highest BCUT2D eigenvalue weighted by Gasteiger charge is 2.20. The molecule has 0 fully saturated rings. The van der Waals surface area contributed by atoms with E-state index in [1.54, 1.807) is 12.1 Å². The van der Waals surface area contributed by atoms with Crippen LogP contribution in [-0.4, -0.2) is 26.3 Å². The quantitative estimate of drug-likeness (QED) is 0.842. The Morgan fingerprint density at radius 2 is 1.79 bits per heavy atom. The van der Waals surface area contributed by atoms with Gasteiger partial charge < -0.3 is 5.32 Å². The number of rotatable bonds is 5. The second-order valence-electron chi connectivity index (χ2n) is 5.30. The largest absolute Gasteiger partial charge is 0.310 e. The van der Waals surface area contributed by atoms with Crippen LogP contribution in [0, 0.1) is 6.92 Å². The SMILES string of the molecule is Cc1ccc(S(=O)(=O)CC(C)NC2CC=CC2)cc1. The summed E-state index contributed by atoms with van der Waals surface area (Å²) in [4.78, 5) is 0.413. The summed E-state index contributed by atoms with van der Waals surface area (Å²) in [5.41, 5.74) is 1.07. The Labute approximate surface area is 115 Å². The first-order chi connectivity index (χ1) is 8.97. The predicted molar refractivity (Wildman–Crippen MR) is 78.0 cm³/mol. The molecule has 0 aromatic heterocycles. The molecule has 0 saturated heterocycles. The van der Waals surface area contributed by atoms with Crippen molar-refractivity contribution in [2.24, 2.45) is 0 Å². The average Bonchev–Trinajstić information content (AvgIpc) is 2.81. The third-order valence-electron chi connectivity index (χ3n) is 3.38. The summed E-state index contributed by atoms with van der Waals surface area (Å²) >= 11 is 0. The lowest BCUT2D eigenvalue weighted by atomic mass is 10.2. The zero-order valence-corrected chi connectivity index (χ0v) is 12.3. The number of nitrogens with one attached hydrogen (secondary N) is 1. The van der Waals surface area contributed by atoms with Gasteiger partial charge in [0.25, 0.3) is 0 Å². The summed E-state index contributed by atoms with van der Waals surface area (Å²) in [6.45, 7) is 3.89. The van der Waals surface area contributed by atoms with Gasteiger partial charge in [-0.2, -0.15) is 0 Å². The first kappa shape index (κ1) is 14.3. The summed E-state index contributed by atoms with van der Waals surface area (Å²) in [6.07, 6.45) is 6.27. The van der Waals surface area contributed by atoms with Crippen LogP contribution in [-0.2, 0) is 9.84 Å². The van der Waals surface area contributed by atoms with Gasteiger partial charge in [0.15, 0.2) is 9.84 Å². The summed E-state index contributed by atoms with van der Waals surface area (Å²) in [5, 5.41) is 3.37. The molecule has 104 valence electrons. The molecule has 1 atom stereocenters. The summed E-state index contributed by atoms with van der Waals surface area (Å²) in [7, 11) is -3.20. The van der Waals surface area contributed by atoms with Gasteiger partial charge in [-0.15, -0.1) is 0 Å². The lowest BCUT2D eigenvalue weighted by molar-refractivity contribution is 0.478. The molecule has 2 rings (SSSR count).